The molecule has 0 saturated heterocycles. The molecule has 4 rings (SSSR count). The molecule has 38 heavy (non-hydrogen) atoms. The maximum Gasteiger partial charge on any atom is 0.417 e. The number of para-hydroxylation sites is 1. The Balaban J connectivity index is 1.63. The first-order valence-electron chi connectivity index (χ1n) is 11.5. The number of fused-ring (bicyclic) bond motifs is 1. The van der Waals surface area contributed by atoms with Crippen molar-refractivity contribution in [1.29, 1.82) is 0 Å². The fourth-order valence-corrected chi connectivity index (χ4v) is 3.94. The van der Waals surface area contributed by atoms with Crippen LogP contribution in [0.5, 0.6) is 5.75 Å². The van der Waals surface area contributed by atoms with Crippen molar-refractivity contribution in [3.8, 4) is 5.75 Å². The zero-order valence-corrected chi connectivity index (χ0v) is 20.4. The summed E-state index contributed by atoms with van der Waals surface area (Å²) in [6, 6.07) is 9.51. The third-order valence-corrected chi connectivity index (χ3v) is 5.61. The highest BCUT2D eigenvalue weighted by Crippen LogP contribution is 2.36. The number of anilines is 1. The lowest BCUT2D eigenvalue weighted by Crippen LogP contribution is -2.40. The number of hydrogen-bond donors (Lipinski definition) is 0. The van der Waals surface area contributed by atoms with E-state index in [2.05, 4.69) is 10.2 Å². The zero-order valence-electron chi connectivity index (χ0n) is 20.4. The van der Waals surface area contributed by atoms with Crippen LogP contribution in [-0.4, -0.2) is 52.6 Å². The highest BCUT2D eigenvalue weighted by atomic mass is 19.4. The van der Waals surface area contributed by atoms with Gasteiger partial charge in [-0.3, -0.25) is 19.3 Å². The van der Waals surface area contributed by atoms with Crippen LogP contribution < -0.4 is 9.64 Å². The molecule has 10 nitrogen and oxygen atoms in total. The second kappa shape index (κ2) is 10.9. The van der Waals surface area contributed by atoms with E-state index in [4.69, 9.17) is 13.9 Å². The zero-order chi connectivity index (χ0) is 27.4. The molecule has 0 saturated carbocycles. The number of esters is 1. The van der Waals surface area contributed by atoms with Crippen molar-refractivity contribution in [2.75, 3.05) is 24.7 Å². The van der Waals surface area contributed by atoms with Gasteiger partial charge in [0.05, 0.1) is 17.7 Å². The maximum absolute atomic E-state index is 14.0. The number of carbonyl (C=O) groups excluding carboxylic acids is 3. The summed E-state index contributed by atoms with van der Waals surface area (Å²) in [4.78, 5) is 40.0. The molecule has 0 fully saturated rings. The van der Waals surface area contributed by atoms with Gasteiger partial charge in [0.1, 0.15) is 25.5 Å². The Kier molecular flexibility index (Phi) is 7.65. The van der Waals surface area contributed by atoms with Crippen LogP contribution in [0, 0.1) is 6.92 Å². The Labute approximate surface area is 214 Å². The van der Waals surface area contributed by atoms with Crippen LogP contribution in [0.1, 0.15) is 40.2 Å². The Morgan fingerprint density at radius 1 is 1.08 bits per heavy atom. The van der Waals surface area contributed by atoms with E-state index in [1.165, 1.54) is 17.9 Å². The van der Waals surface area contributed by atoms with Gasteiger partial charge in [0.25, 0.3) is 5.91 Å². The summed E-state index contributed by atoms with van der Waals surface area (Å²) in [6.45, 7) is 2.03. The topological polar surface area (TPSA) is 115 Å². The first-order chi connectivity index (χ1) is 18.0. The largest absolute Gasteiger partial charge is 0.490 e. The number of amides is 2. The minimum atomic E-state index is -4.89. The molecule has 0 N–H and O–H groups in total. The van der Waals surface area contributed by atoms with E-state index in [1.807, 2.05) is 0 Å². The summed E-state index contributed by atoms with van der Waals surface area (Å²) in [5.74, 6) is -1.71. The minimum Gasteiger partial charge on any atom is -0.490 e. The number of alkyl halides is 3. The number of halogens is 3. The summed E-state index contributed by atoms with van der Waals surface area (Å²) >= 11 is 0. The maximum atomic E-state index is 14.0. The summed E-state index contributed by atoms with van der Waals surface area (Å²) in [7, 11) is 0. The second-order valence-corrected chi connectivity index (χ2v) is 8.38. The molecule has 2 amide bonds. The van der Waals surface area contributed by atoms with Crippen molar-refractivity contribution < 1.29 is 41.4 Å². The van der Waals surface area contributed by atoms with E-state index in [-0.39, 0.29) is 37.9 Å². The van der Waals surface area contributed by atoms with Crippen molar-refractivity contribution in [1.82, 2.24) is 15.1 Å². The van der Waals surface area contributed by atoms with Gasteiger partial charge in [0.2, 0.25) is 17.7 Å². The Bertz CT molecular complexity index is 1360. The second-order valence-electron chi connectivity index (χ2n) is 8.38. The van der Waals surface area contributed by atoms with Crippen molar-refractivity contribution >= 4 is 23.5 Å². The van der Waals surface area contributed by atoms with Crippen molar-refractivity contribution in [2.24, 2.45) is 0 Å². The molecule has 0 spiro atoms. The van der Waals surface area contributed by atoms with Crippen LogP contribution in [0.4, 0.5) is 18.9 Å². The van der Waals surface area contributed by atoms with Crippen LogP contribution in [0.2, 0.25) is 0 Å². The third kappa shape index (κ3) is 6.10. The van der Waals surface area contributed by atoms with Gasteiger partial charge < -0.3 is 18.8 Å². The van der Waals surface area contributed by atoms with Gasteiger partial charge in [0, 0.05) is 26.1 Å². The summed E-state index contributed by atoms with van der Waals surface area (Å²) in [6.07, 6.45) is -4.89. The van der Waals surface area contributed by atoms with E-state index >= 15 is 0 Å². The number of aryl methyl sites for hydroxylation is 1. The number of hydrogen-bond acceptors (Lipinski definition) is 8. The van der Waals surface area contributed by atoms with Gasteiger partial charge in [-0.25, -0.2) is 0 Å². The Morgan fingerprint density at radius 2 is 1.84 bits per heavy atom. The van der Waals surface area contributed by atoms with E-state index < -0.39 is 41.6 Å². The molecule has 0 radical (unpaired) electrons. The fourth-order valence-electron chi connectivity index (χ4n) is 3.94. The predicted octanol–water partition coefficient (Wildman–Crippen LogP) is 3.53. The van der Waals surface area contributed by atoms with Gasteiger partial charge in [-0.1, -0.05) is 18.2 Å². The first-order valence-corrected chi connectivity index (χ1v) is 11.5. The number of carbonyl (C=O) groups is 3. The number of nitrogens with zero attached hydrogens (tertiary/aromatic N) is 4. The van der Waals surface area contributed by atoms with Gasteiger partial charge in [-0.2, -0.15) is 13.2 Å². The van der Waals surface area contributed by atoms with Crippen LogP contribution in [0.25, 0.3) is 0 Å². The molecule has 0 aliphatic carbocycles. The van der Waals surface area contributed by atoms with Gasteiger partial charge >= 0.3 is 12.1 Å². The Hall–Kier alpha value is -4.42. The van der Waals surface area contributed by atoms with Crippen molar-refractivity contribution in [3.05, 3.63) is 70.9 Å². The lowest BCUT2D eigenvalue weighted by atomic mass is 10.0. The summed E-state index contributed by atoms with van der Waals surface area (Å²) < 4.78 is 57.4. The number of aromatic nitrogens is 2. The molecule has 2 aromatic carbocycles. The first kappa shape index (κ1) is 26.6. The van der Waals surface area contributed by atoms with E-state index in [9.17, 15) is 27.6 Å². The van der Waals surface area contributed by atoms with E-state index in [1.54, 1.807) is 31.2 Å². The van der Waals surface area contributed by atoms with Crippen LogP contribution in [0.3, 0.4) is 0 Å². The number of benzene rings is 2. The smallest absolute Gasteiger partial charge is 0.417 e. The quantitative estimate of drug-likeness (QED) is 0.335. The summed E-state index contributed by atoms with van der Waals surface area (Å²) in [5, 5.41) is 7.63. The molecular weight excluding hydrogens is 509 g/mol. The number of ether oxygens (including phenoxy) is 2. The monoisotopic (exact) mass is 532 g/mol. The molecule has 0 unspecified atom stereocenters. The molecule has 1 aliphatic heterocycles. The average Bonchev–Trinajstić information content (AvgIpc) is 3.22. The van der Waals surface area contributed by atoms with Crippen LogP contribution in [-0.2, 0) is 33.6 Å². The third-order valence-electron chi connectivity index (χ3n) is 5.61. The van der Waals surface area contributed by atoms with E-state index in [0.717, 1.165) is 11.0 Å². The Morgan fingerprint density at radius 3 is 2.53 bits per heavy atom. The van der Waals surface area contributed by atoms with Gasteiger partial charge in [-0.15, -0.1) is 10.2 Å². The molecule has 1 aliphatic rings. The van der Waals surface area contributed by atoms with Gasteiger partial charge in [0.15, 0.2) is 0 Å². The van der Waals surface area contributed by atoms with E-state index in [0.29, 0.717) is 23.2 Å². The number of rotatable bonds is 7. The highest BCUT2D eigenvalue weighted by molar-refractivity contribution is 6.10. The normalized spacial score (nSPS) is 13.7. The molecule has 0 bridgehead atoms. The SMILES string of the molecule is CC(=O)OCCOc1ccc(C(=O)N2CC(=O)N(Cc3nnc(C)o3)Cc3ccccc32)c(C(F)(F)F)c1. The fraction of sp³-hybridized carbons (Fsp3) is 0.320. The van der Waals surface area contributed by atoms with Crippen molar-refractivity contribution in [3.63, 3.8) is 0 Å². The molecule has 3 aromatic rings. The molecule has 13 heteroatoms. The lowest BCUT2D eigenvalue weighted by molar-refractivity contribution is -0.141. The minimum absolute atomic E-state index is 0.0246. The molecular formula is C25H23F3N4O6. The molecule has 200 valence electrons. The predicted molar refractivity (Wildman–Crippen MR) is 125 cm³/mol. The van der Waals surface area contributed by atoms with Gasteiger partial charge in [-0.05, 0) is 29.8 Å². The van der Waals surface area contributed by atoms with Crippen LogP contribution >= 0.6 is 0 Å². The molecule has 1 aromatic heterocycles. The highest BCUT2D eigenvalue weighted by Gasteiger charge is 2.38. The summed E-state index contributed by atoms with van der Waals surface area (Å²) in [5.41, 5.74) is -1.000. The standard InChI is InChI=1S/C25H23F3N4O6/c1-15-29-30-22(38-15)13-31-12-17-5-3-4-6-21(17)32(14-23(31)34)24(35)19-8-7-18(11-20(19)25(26,27)28)37-10-9-36-16(2)33/h3-8,11H,9-10,12-14H2,1-2H3. The lowest BCUT2D eigenvalue weighted by Gasteiger charge is -2.24. The molecule has 0 atom stereocenters. The van der Waals surface area contributed by atoms with Crippen molar-refractivity contribution in [2.45, 2.75) is 33.1 Å². The van der Waals surface area contributed by atoms with Crippen LogP contribution in [0.15, 0.2) is 46.9 Å². The molecule has 2 heterocycles. The average molecular weight is 532 g/mol.